The second-order valence-electron chi connectivity index (χ2n) is 6.33. The van der Waals surface area contributed by atoms with Crippen LogP contribution in [0.15, 0.2) is 12.3 Å². The number of hydrogen-bond donors (Lipinski definition) is 2. The molecule has 3 heterocycles. The molecular formula is C16H21F3N6O. The molecule has 0 saturated carbocycles. The van der Waals surface area contributed by atoms with Crippen LogP contribution >= 0.6 is 0 Å². The van der Waals surface area contributed by atoms with Crippen LogP contribution in [0.3, 0.4) is 0 Å². The minimum absolute atomic E-state index is 0.0565. The van der Waals surface area contributed by atoms with Crippen molar-refractivity contribution in [1.82, 2.24) is 19.7 Å². The summed E-state index contributed by atoms with van der Waals surface area (Å²) >= 11 is 0. The minimum Gasteiger partial charge on any atom is -0.370 e. The van der Waals surface area contributed by atoms with Gasteiger partial charge in [0.05, 0.1) is 5.69 Å². The Hall–Kier alpha value is -2.36. The fourth-order valence-electron chi connectivity index (χ4n) is 2.89. The molecular weight excluding hydrogens is 349 g/mol. The van der Waals surface area contributed by atoms with Gasteiger partial charge in [0.2, 0.25) is 5.95 Å². The van der Waals surface area contributed by atoms with E-state index in [1.54, 1.807) is 24.7 Å². The van der Waals surface area contributed by atoms with Crippen LogP contribution in [-0.4, -0.2) is 32.9 Å². The lowest BCUT2D eigenvalue weighted by Gasteiger charge is -2.19. The summed E-state index contributed by atoms with van der Waals surface area (Å²) in [7, 11) is 1.74. The molecule has 0 bridgehead atoms. The molecule has 142 valence electrons. The normalized spacial score (nSPS) is 20.4. The number of aromatic nitrogens is 4. The Morgan fingerprint density at radius 2 is 2.15 bits per heavy atom. The molecule has 1 saturated heterocycles. The van der Waals surface area contributed by atoms with E-state index in [0.29, 0.717) is 19.0 Å². The van der Waals surface area contributed by atoms with Crippen LogP contribution in [0.5, 0.6) is 0 Å². The maximum Gasteiger partial charge on any atom is 0.421 e. The van der Waals surface area contributed by atoms with Gasteiger partial charge in [-0.2, -0.15) is 23.3 Å². The second-order valence-corrected chi connectivity index (χ2v) is 6.33. The van der Waals surface area contributed by atoms with Crippen molar-refractivity contribution in [2.24, 2.45) is 7.05 Å². The molecule has 1 fully saturated rings. The molecule has 26 heavy (non-hydrogen) atoms. The average Bonchev–Trinajstić information content (AvgIpc) is 3.15. The van der Waals surface area contributed by atoms with Crippen molar-refractivity contribution >= 4 is 17.6 Å². The highest BCUT2D eigenvalue weighted by Gasteiger charge is 2.36. The van der Waals surface area contributed by atoms with Crippen LogP contribution in [0.4, 0.5) is 30.8 Å². The van der Waals surface area contributed by atoms with E-state index in [0.717, 1.165) is 24.7 Å². The van der Waals surface area contributed by atoms with Crippen molar-refractivity contribution in [1.29, 1.82) is 0 Å². The minimum atomic E-state index is -4.52. The molecule has 2 aromatic heterocycles. The lowest BCUT2D eigenvalue weighted by Crippen LogP contribution is -2.20. The van der Waals surface area contributed by atoms with Gasteiger partial charge in [0.1, 0.15) is 22.8 Å². The smallest absolute Gasteiger partial charge is 0.370 e. The molecule has 0 unspecified atom stereocenters. The molecule has 0 aromatic carbocycles. The number of hydrogen-bond acceptors (Lipinski definition) is 6. The SMILES string of the molecule is CCNc1nc(Nc2cc([C@]3(C)CCCO3)nn2C)ncc1C(F)(F)F. The molecule has 1 aliphatic rings. The van der Waals surface area contributed by atoms with Gasteiger partial charge in [-0.3, -0.25) is 4.68 Å². The van der Waals surface area contributed by atoms with Gasteiger partial charge in [0.15, 0.2) is 0 Å². The molecule has 3 rings (SSSR count). The summed E-state index contributed by atoms with van der Waals surface area (Å²) in [4.78, 5) is 7.76. The van der Waals surface area contributed by atoms with E-state index in [2.05, 4.69) is 25.7 Å². The van der Waals surface area contributed by atoms with Crippen molar-refractivity contribution in [2.75, 3.05) is 23.8 Å². The monoisotopic (exact) mass is 370 g/mol. The standard InChI is InChI=1S/C16H21F3N6O/c1-4-20-13-10(16(17,18)19)9-21-14(23-13)22-12-8-11(24-25(12)3)15(2)6-5-7-26-15/h8-9H,4-7H2,1-3H3,(H2,20,21,22,23)/t15-/m0/s1. The zero-order chi connectivity index (χ0) is 18.9. The molecule has 0 amide bonds. The molecule has 7 nitrogen and oxygen atoms in total. The zero-order valence-corrected chi connectivity index (χ0v) is 14.8. The quantitative estimate of drug-likeness (QED) is 0.840. The first kappa shape index (κ1) is 18.4. The van der Waals surface area contributed by atoms with E-state index in [1.807, 2.05) is 6.92 Å². The molecule has 10 heteroatoms. The topological polar surface area (TPSA) is 76.9 Å². The van der Waals surface area contributed by atoms with Crippen molar-refractivity contribution < 1.29 is 17.9 Å². The Balaban J connectivity index is 1.87. The molecule has 0 aliphatic carbocycles. The number of anilines is 3. The van der Waals surface area contributed by atoms with Crippen LogP contribution in [0.1, 0.15) is 37.9 Å². The van der Waals surface area contributed by atoms with E-state index in [-0.39, 0.29) is 11.8 Å². The van der Waals surface area contributed by atoms with E-state index in [9.17, 15) is 13.2 Å². The number of alkyl halides is 3. The molecule has 1 atom stereocenters. The third kappa shape index (κ3) is 3.59. The second kappa shape index (κ2) is 6.75. The fraction of sp³-hybridized carbons (Fsp3) is 0.562. The van der Waals surface area contributed by atoms with Gasteiger partial charge in [-0.15, -0.1) is 0 Å². The van der Waals surface area contributed by atoms with Crippen molar-refractivity contribution in [3.8, 4) is 0 Å². The van der Waals surface area contributed by atoms with Crippen LogP contribution < -0.4 is 10.6 Å². The highest BCUT2D eigenvalue weighted by atomic mass is 19.4. The van der Waals surface area contributed by atoms with Gasteiger partial charge in [-0.1, -0.05) is 0 Å². The van der Waals surface area contributed by atoms with Crippen molar-refractivity contribution in [3.63, 3.8) is 0 Å². The van der Waals surface area contributed by atoms with Gasteiger partial charge in [0.25, 0.3) is 0 Å². The third-order valence-electron chi connectivity index (χ3n) is 4.32. The lowest BCUT2D eigenvalue weighted by atomic mass is 9.99. The molecule has 2 N–H and O–H groups in total. The Morgan fingerprint density at radius 3 is 2.77 bits per heavy atom. The number of aryl methyl sites for hydroxylation is 1. The summed E-state index contributed by atoms with van der Waals surface area (Å²) in [5, 5.41) is 10.0. The number of rotatable bonds is 5. The summed E-state index contributed by atoms with van der Waals surface area (Å²) in [5.41, 5.74) is -0.588. The summed E-state index contributed by atoms with van der Waals surface area (Å²) < 4.78 is 46.5. The maximum atomic E-state index is 13.0. The zero-order valence-electron chi connectivity index (χ0n) is 14.8. The van der Waals surface area contributed by atoms with Crippen LogP contribution in [0, 0.1) is 0 Å². The van der Waals surface area contributed by atoms with Crippen LogP contribution in [-0.2, 0) is 23.6 Å². The van der Waals surface area contributed by atoms with Crippen molar-refractivity contribution in [3.05, 3.63) is 23.5 Å². The number of nitrogens with zero attached hydrogens (tertiary/aromatic N) is 4. The Labute approximate surface area is 149 Å². The predicted octanol–water partition coefficient (Wildman–Crippen LogP) is 3.43. The summed E-state index contributed by atoms with van der Waals surface area (Å²) in [6.45, 7) is 4.67. The average molecular weight is 370 g/mol. The third-order valence-corrected chi connectivity index (χ3v) is 4.32. The first-order chi connectivity index (χ1) is 12.2. The highest BCUT2D eigenvalue weighted by Crippen LogP contribution is 2.36. The highest BCUT2D eigenvalue weighted by molar-refractivity contribution is 5.54. The molecule has 2 aromatic rings. The molecule has 0 radical (unpaired) electrons. The van der Waals surface area contributed by atoms with E-state index < -0.39 is 17.3 Å². The van der Waals surface area contributed by atoms with Crippen molar-refractivity contribution in [2.45, 2.75) is 38.5 Å². The van der Waals surface area contributed by atoms with Crippen LogP contribution in [0.25, 0.3) is 0 Å². The van der Waals surface area contributed by atoms with E-state index in [4.69, 9.17) is 4.74 Å². The maximum absolute atomic E-state index is 13.0. The first-order valence-electron chi connectivity index (χ1n) is 8.36. The van der Waals surface area contributed by atoms with E-state index in [1.165, 1.54) is 0 Å². The Morgan fingerprint density at radius 1 is 1.38 bits per heavy atom. The van der Waals surface area contributed by atoms with Gasteiger partial charge in [-0.05, 0) is 26.7 Å². The van der Waals surface area contributed by atoms with Gasteiger partial charge in [0, 0.05) is 32.5 Å². The predicted molar refractivity (Wildman–Crippen MR) is 90.2 cm³/mol. The van der Waals surface area contributed by atoms with Gasteiger partial charge < -0.3 is 15.4 Å². The summed E-state index contributed by atoms with van der Waals surface area (Å²) in [6.07, 6.45) is -1.93. The first-order valence-corrected chi connectivity index (χ1v) is 8.36. The largest absolute Gasteiger partial charge is 0.421 e. The number of nitrogens with one attached hydrogen (secondary N) is 2. The van der Waals surface area contributed by atoms with Gasteiger partial charge in [-0.25, -0.2) is 4.98 Å². The van der Waals surface area contributed by atoms with Gasteiger partial charge >= 0.3 is 6.18 Å². The van der Waals surface area contributed by atoms with E-state index >= 15 is 0 Å². The Kier molecular flexibility index (Phi) is 4.78. The Bertz CT molecular complexity index is 783. The molecule has 1 aliphatic heterocycles. The lowest BCUT2D eigenvalue weighted by molar-refractivity contribution is -0.137. The number of ether oxygens (including phenoxy) is 1. The molecule has 0 spiro atoms. The summed E-state index contributed by atoms with van der Waals surface area (Å²) in [5.74, 6) is 0.367. The summed E-state index contributed by atoms with van der Waals surface area (Å²) in [6, 6.07) is 1.80. The fourth-order valence-corrected chi connectivity index (χ4v) is 2.89. The van der Waals surface area contributed by atoms with Crippen LogP contribution in [0.2, 0.25) is 0 Å². The number of halogens is 3.